The number of carboxylic acid groups (broad SMARTS) is 1. The molecule has 2 atom stereocenters. The average Bonchev–Trinajstić information content (AvgIpc) is 2.38. The lowest BCUT2D eigenvalue weighted by atomic mass is 9.90. The van der Waals surface area contributed by atoms with E-state index in [1.54, 1.807) is 0 Å². The van der Waals surface area contributed by atoms with Crippen molar-refractivity contribution in [1.29, 1.82) is 0 Å². The maximum absolute atomic E-state index is 11.1. The Morgan fingerprint density at radius 1 is 1.39 bits per heavy atom. The third-order valence-corrected chi connectivity index (χ3v) is 4.13. The van der Waals surface area contributed by atoms with E-state index in [4.69, 9.17) is 9.84 Å². The summed E-state index contributed by atoms with van der Waals surface area (Å²) in [6.07, 6.45) is 2.41. The van der Waals surface area contributed by atoms with Crippen LogP contribution < -0.4 is 0 Å². The van der Waals surface area contributed by atoms with Crippen molar-refractivity contribution >= 4 is 5.97 Å². The standard InChI is InChI=1S/C13H24N2O3/c1-14-4-6-15(7-5-14)12(9-13(16)17)11-3-2-8-18-10-11/h11-12H,2-10H2,1H3,(H,16,17). The SMILES string of the molecule is CN1CCN(C(CC(=O)O)C2CCCOC2)CC1. The van der Waals surface area contributed by atoms with E-state index in [2.05, 4.69) is 16.8 Å². The van der Waals surface area contributed by atoms with Crippen molar-refractivity contribution in [3.05, 3.63) is 0 Å². The molecule has 5 heteroatoms. The minimum atomic E-state index is -0.690. The molecular weight excluding hydrogens is 232 g/mol. The normalized spacial score (nSPS) is 29.1. The number of hydrogen-bond donors (Lipinski definition) is 1. The molecular formula is C13H24N2O3. The molecule has 2 saturated heterocycles. The van der Waals surface area contributed by atoms with Gasteiger partial charge in [-0.1, -0.05) is 0 Å². The number of rotatable bonds is 4. The van der Waals surface area contributed by atoms with Crippen molar-refractivity contribution in [2.45, 2.75) is 25.3 Å². The fourth-order valence-corrected chi connectivity index (χ4v) is 3.00. The van der Waals surface area contributed by atoms with Gasteiger partial charge < -0.3 is 14.7 Å². The van der Waals surface area contributed by atoms with Crippen molar-refractivity contribution in [2.75, 3.05) is 46.4 Å². The van der Waals surface area contributed by atoms with Crippen molar-refractivity contribution in [2.24, 2.45) is 5.92 Å². The maximum atomic E-state index is 11.1. The molecule has 0 aromatic carbocycles. The molecule has 2 aliphatic heterocycles. The van der Waals surface area contributed by atoms with Crippen molar-refractivity contribution in [1.82, 2.24) is 9.80 Å². The highest BCUT2D eigenvalue weighted by Gasteiger charge is 2.32. The Balaban J connectivity index is 1.97. The fourth-order valence-electron chi connectivity index (χ4n) is 3.00. The molecule has 2 heterocycles. The van der Waals surface area contributed by atoms with Crippen LogP contribution in [0.1, 0.15) is 19.3 Å². The second-order valence-corrected chi connectivity index (χ2v) is 5.48. The van der Waals surface area contributed by atoms with Gasteiger partial charge in [0.2, 0.25) is 0 Å². The number of aliphatic carboxylic acids is 1. The summed E-state index contributed by atoms with van der Waals surface area (Å²) in [6.45, 7) is 5.58. The summed E-state index contributed by atoms with van der Waals surface area (Å²) in [5, 5.41) is 9.12. The highest BCUT2D eigenvalue weighted by Crippen LogP contribution is 2.24. The van der Waals surface area contributed by atoms with Gasteiger partial charge in [0.25, 0.3) is 0 Å². The van der Waals surface area contributed by atoms with Crippen LogP contribution in [0.4, 0.5) is 0 Å². The highest BCUT2D eigenvalue weighted by atomic mass is 16.5. The summed E-state index contributed by atoms with van der Waals surface area (Å²) < 4.78 is 5.53. The topological polar surface area (TPSA) is 53.0 Å². The lowest BCUT2D eigenvalue weighted by Crippen LogP contribution is -2.53. The smallest absolute Gasteiger partial charge is 0.304 e. The Hall–Kier alpha value is -0.650. The number of hydrogen-bond acceptors (Lipinski definition) is 4. The fraction of sp³-hybridized carbons (Fsp3) is 0.923. The number of piperazine rings is 1. The second-order valence-electron chi connectivity index (χ2n) is 5.48. The lowest BCUT2D eigenvalue weighted by Gasteiger charge is -2.41. The van der Waals surface area contributed by atoms with E-state index >= 15 is 0 Å². The van der Waals surface area contributed by atoms with Crippen LogP contribution in [0.25, 0.3) is 0 Å². The van der Waals surface area contributed by atoms with Crippen LogP contribution in [-0.4, -0.2) is 73.4 Å². The Labute approximate surface area is 109 Å². The van der Waals surface area contributed by atoms with Gasteiger partial charge in [-0.3, -0.25) is 9.69 Å². The van der Waals surface area contributed by atoms with Gasteiger partial charge in [-0.15, -0.1) is 0 Å². The summed E-state index contributed by atoms with van der Waals surface area (Å²) in [7, 11) is 2.12. The Kier molecular flexibility index (Phi) is 4.97. The van der Waals surface area contributed by atoms with E-state index in [0.717, 1.165) is 52.2 Å². The zero-order valence-corrected chi connectivity index (χ0v) is 11.2. The predicted octanol–water partition coefficient (Wildman–Crippen LogP) is 0.504. The molecule has 2 aliphatic rings. The zero-order valence-electron chi connectivity index (χ0n) is 11.2. The first kappa shape index (κ1) is 13.8. The predicted molar refractivity (Wildman–Crippen MR) is 68.7 cm³/mol. The highest BCUT2D eigenvalue weighted by molar-refractivity contribution is 5.67. The first-order chi connectivity index (χ1) is 8.66. The first-order valence-electron chi connectivity index (χ1n) is 6.89. The summed E-state index contributed by atoms with van der Waals surface area (Å²) in [6, 6.07) is 0.150. The van der Waals surface area contributed by atoms with Gasteiger partial charge in [-0.2, -0.15) is 0 Å². The van der Waals surface area contributed by atoms with Gasteiger partial charge in [0, 0.05) is 38.8 Å². The molecule has 0 aromatic rings. The molecule has 104 valence electrons. The van der Waals surface area contributed by atoms with Crippen molar-refractivity contribution < 1.29 is 14.6 Å². The van der Waals surface area contributed by atoms with Crippen molar-refractivity contribution in [3.63, 3.8) is 0 Å². The average molecular weight is 256 g/mol. The van der Waals surface area contributed by atoms with Crippen LogP contribution in [0.3, 0.4) is 0 Å². The molecule has 0 spiro atoms. The van der Waals surface area contributed by atoms with Crippen LogP contribution >= 0.6 is 0 Å². The number of carbonyl (C=O) groups is 1. The quantitative estimate of drug-likeness (QED) is 0.794. The lowest BCUT2D eigenvalue weighted by molar-refractivity contribution is -0.139. The van der Waals surface area contributed by atoms with Gasteiger partial charge in [0.15, 0.2) is 0 Å². The monoisotopic (exact) mass is 256 g/mol. The van der Waals surface area contributed by atoms with E-state index in [1.165, 1.54) is 0 Å². The largest absolute Gasteiger partial charge is 0.481 e. The van der Waals surface area contributed by atoms with Crippen LogP contribution in [0.5, 0.6) is 0 Å². The minimum Gasteiger partial charge on any atom is -0.481 e. The van der Waals surface area contributed by atoms with Crippen LogP contribution in [0.2, 0.25) is 0 Å². The molecule has 5 nitrogen and oxygen atoms in total. The Morgan fingerprint density at radius 2 is 2.11 bits per heavy atom. The first-order valence-corrected chi connectivity index (χ1v) is 6.89. The Bertz CT molecular complexity index is 271. The zero-order chi connectivity index (χ0) is 13.0. The molecule has 0 amide bonds. The van der Waals surface area contributed by atoms with Crippen molar-refractivity contribution in [3.8, 4) is 0 Å². The van der Waals surface area contributed by atoms with Gasteiger partial charge in [0.05, 0.1) is 13.0 Å². The Morgan fingerprint density at radius 3 is 2.67 bits per heavy atom. The molecule has 2 unspecified atom stereocenters. The molecule has 1 N–H and O–H groups in total. The molecule has 2 rings (SSSR count). The number of carboxylic acids is 1. The maximum Gasteiger partial charge on any atom is 0.304 e. The van der Waals surface area contributed by atoms with E-state index < -0.39 is 5.97 Å². The van der Waals surface area contributed by atoms with E-state index in [1.807, 2.05) is 0 Å². The second kappa shape index (κ2) is 6.50. The van der Waals surface area contributed by atoms with Crippen LogP contribution in [0, 0.1) is 5.92 Å². The summed E-state index contributed by atoms with van der Waals surface area (Å²) in [4.78, 5) is 15.7. The van der Waals surface area contributed by atoms with Gasteiger partial charge in [-0.05, 0) is 25.8 Å². The molecule has 0 aliphatic carbocycles. The van der Waals surface area contributed by atoms with Gasteiger partial charge >= 0.3 is 5.97 Å². The number of nitrogens with zero attached hydrogens (tertiary/aromatic N) is 2. The van der Waals surface area contributed by atoms with E-state index in [9.17, 15) is 4.79 Å². The molecule has 0 bridgehead atoms. The van der Waals surface area contributed by atoms with Crippen LogP contribution in [0.15, 0.2) is 0 Å². The molecule has 2 fully saturated rings. The molecule has 0 aromatic heterocycles. The minimum absolute atomic E-state index is 0.150. The summed E-state index contributed by atoms with van der Waals surface area (Å²) >= 11 is 0. The van der Waals surface area contributed by atoms with E-state index in [-0.39, 0.29) is 12.5 Å². The van der Waals surface area contributed by atoms with E-state index in [0.29, 0.717) is 5.92 Å². The third-order valence-electron chi connectivity index (χ3n) is 4.13. The van der Waals surface area contributed by atoms with Gasteiger partial charge in [-0.25, -0.2) is 0 Å². The molecule has 18 heavy (non-hydrogen) atoms. The summed E-state index contributed by atoms with van der Waals surface area (Å²) in [5.74, 6) is -0.303. The third kappa shape index (κ3) is 3.67. The number of likely N-dealkylation sites (N-methyl/N-ethyl adjacent to an activating group) is 1. The number of ether oxygens (including phenoxy) is 1. The van der Waals surface area contributed by atoms with Gasteiger partial charge in [0.1, 0.15) is 0 Å². The summed E-state index contributed by atoms with van der Waals surface area (Å²) in [5.41, 5.74) is 0. The molecule has 0 radical (unpaired) electrons. The molecule has 0 saturated carbocycles. The van der Waals surface area contributed by atoms with Crippen LogP contribution in [-0.2, 0) is 9.53 Å².